The van der Waals surface area contributed by atoms with Crippen molar-refractivity contribution < 1.29 is 23.7 Å². The molecule has 7 nitrogen and oxygen atoms in total. The first-order chi connectivity index (χ1) is 10.6. The molecule has 0 bridgehead atoms. The van der Waals surface area contributed by atoms with Gasteiger partial charge in [0.05, 0.1) is 18.1 Å². The van der Waals surface area contributed by atoms with Crippen LogP contribution in [0.5, 0.6) is 0 Å². The Morgan fingerprint density at radius 2 is 1.78 bits per heavy atom. The Hall–Kier alpha value is -2.06. The van der Waals surface area contributed by atoms with Crippen LogP contribution >= 0.6 is 0 Å². The molecule has 0 aromatic heterocycles. The number of nitro benzene ring substituents is 1. The van der Waals surface area contributed by atoms with E-state index in [1.165, 1.54) is 19.2 Å². The highest BCUT2D eigenvalue weighted by molar-refractivity contribution is 6.69. The Bertz CT molecular complexity index is 579. The van der Waals surface area contributed by atoms with E-state index >= 15 is 0 Å². The molecular weight excluding hydrogens is 318 g/mol. The summed E-state index contributed by atoms with van der Waals surface area (Å²) >= 11 is 0. The number of hydrogen-bond donors (Lipinski definition) is 0. The third kappa shape index (κ3) is 6.70. The van der Waals surface area contributed by atoms with Gasteiger partial charge in [-0.05, 0) is 37.3 Å². The Morgan fingerprint density at radius 1 is 1.22 bits per heavy atom. The van der Waals surface area contributed by atoms with Gasteiger partial charge in [-0.1, -0.05) is 0 Å². The summed E-state index contributed by atoms with van der Waals surface area (Å²) in [5, 5.41) is 10.7. The molecule has 0 fully saturated rings. The molecule has 1 aromatic rings. The van der Waals surface area contributed by atoms with Crippen LogP contribution in [0.25, 0.3) is 0 Å². The van der Waals surface area contributed by atoms with Crippen LogP contribution in [0.4, 0.5) is 5.69 Å². The molecule has 0 amide bonds. The number of nitrogens with zero attached hydrogens (tertiary/aromatic N) is 1. The minimum atomic E-state index is -1.96. The van der Waals surface area contributed by atoms with E-state index in [0.717, 1.165) is 0 Å². The molecule has 126 valence electrons. The number of Topliss-reactive ketones (excluding diaryl/α,β-unsaturated/α-hetero) is 1. The maximum atomic E-state index is 12.0. The number of carbonyl (C=O) groups is 2. The lowest BCUT2D eigenvalue weighted by Crippen LogP contribution is -2.29. The van der Waals surface area contributed by atoms with E-state index in [4.69, 9.17) is 4.43 Å². The van der Waals surface area contributed by atoms with E-state index in [-0.39, 0.29) is 24.3 Å². The molecule has 1 atom stereocenters. The third-order valence-corrected chi connectivity index (χ3v) is 3.95. The Kier molecular flexibility index (Phi) is 6.58. The molecular formula is C15H21NO6Si. The Morgan fingerprint density at radius 3 is 2.22 bits per heavy atom. The average Bonchev–Trinajstić information content (AvgIpc) is 2.45. The first-order valence-corrected chi connectivity index (χ1v) is 10.5. The Balaban J connectivity index is 2.93. The molecule has 0 aliphatic rings. The summed E-state index contributed by atoms with van der Waals surface area (Å²) < 4.78 is 10.5. The fourth-order valence-electron chi connectivity index (χ4n) is 1.98. The highest BCUT2D eigenvalue weighted by Gasteiger charge is 2.26. The maximum absolute atomic E-state index is 12.0. The highest BCUT2D eigenvalue weighted by Crippen LogP contribution is 2.27. The van der Waals surface area contributed by atoms with Gasteiger partial charge in [0.2, 0.25) is 0 Å². The summed E-state index contributed by atoms with van der Waals surface area (Å²) in [6.07, 6.45) is -0.814. The van der Waals surface area contributed by atoms with Gasteiger partial charge >= 0.3 is 5.97 Å². The number of ketones is 1. The van der Waals surface area contributed by atoms with Crippen molar-refractivity contribution in [2.75, 3.05) is 7.11 Å². The van der Waals surface area contributed by atoms with Crippen LogP contribution in [0.15, 0.2) is 24.3 Å². The minimum Gasteiger partial charge on any atom is -0.469 e. The van der Waals surface area contributed by atoms with E-state index in [1.54, 1.807) is 12.1 Å². The summed E-state index contributed by atoms with van der Waals surface area (Å²) in [7, 11) is -0.732. The number of rotatable bonds is 8. The standard InChI is InChI=1S/C15H21NO6Si/c1-21-15(18)10-13(17)9-14(22-23(2,3)4)11-5-7-12(8-6-11)16(19)20/h5-8,14H,9-10H2,1-4H3/t14-/m0/s1. The van der Waals surface area contributed by atoms with Crippen molar-refractivity contribution >= 4 is 25.8 Å². The van der Waals surface area contributed by atoms with Gasteiger partial charge in [0.1, 0.15) is 12.2 Å². The van der Waals surface area contributed by atoms with Gasteiger partial charge in [0.15, 0.2) is 8.32 Å². The molecule has 0 heterocycles. The first-order valence-electron chi connectivity index (χ1n) is 7.13. The van der Waals surface area contributed by atoms with Gasteiger partial charge in [-0.3, -0.25) is 19.7 Å². The predicted molar refractivity (Wildman–Crippen MR) is 86.5 cm³/mol. The highest BCUT2D eigenvalue weighted by atomic mass is 28.4. The van der Waals surface area contributed by atoms with Gasteiger partial charge in [-0.15, -0.1) is 0 Å². The lowest BCUT2D eigenvalue weighted by atomic mass is 10.0. The van der Waals surface area contributed by atoms with Crippen LogP contribution < -0.4 is 0 Å². The molecule has 0 radical (unpaired) electrons. The molecule has 1 rings (SSSR count). The number of benzene rings is 1. The Labute approximate surface area is 135 Å². The van der Waals surface area contributed by atoms with E-state index < -0.39 is 25.3 Å². The van der Waals surface area contributed by atoms with Crippen molar-refractivity contribution in [2.45, 2.75) is 38.6 Å². The number of carbonyl (C=O) groups excluding carboxylic acids is 2. The lowest BCUT2D eigenvalue weighted by molar-refractivity contribution is -0.384. The number of ether oxygens (including phenoxy) is 1. The van der Waals surface area contributed by atoms with Crippen LogP contribution in [-0.2, 0) is 18.8 Å². The lowest BCUT2D eigenvalue weighted by Gasteiger charge is -2.26. The van der Waals surface area contributed by atoms with E-state index in [1.807, 2.05) is 19.6 Å². The van der Waals surface area contributed by atoms with Crippen molar-refractivity contribution in [3.63, 3.8) is 0 Å². The zero-order valence-corrected chi connectivity index (χ0v) is 14.7. The van der Waals surface area contributed by atoms with Crippen LogP contribution in [0.3, 0.4) is 0 Å². The topological polar surface area (TPSA) is 95.7 Å². The van der Waals surface area contributed by atoms with Gasteiger partial charge in [-0.25, -0.2) is 0 Å². The van der Waals surface area contributed by atoms with Crippen molar-refractivity contribution in [3.8, 4) is 0 Å². The minimum absolute atomic E-state index is 0.0250. The summed E-state index contributed by atoms with van der Waals surface area (Å²) in [5.41, 5.74) is 0.651. The second kappa shape index (κ2) is 7.98. The molecule has 0 aliphatic carbocycles. The van der Waals surface area contributed by atoms with Gasteiger partial charge in [-0.2, -0.15) is 0 Å². The number of methoxy groups -OCH3 is 1. The summed E-state index contributed by atoms with van der Waals surface area (Å²) in [4.78, 5) is 33.4. The molecule has 0 saturated heterocycles. The van der Waals surface area contributed by atoms with Crippen LogP contribution in [0, 0.1) is 10.1 Å². The molecule has 0 saturated carbocycles. The molecule has 1 aromatic carbocycles. The van der Waals surface area contributed by atoms with Gasteiger partial charge < -0.3 is 9.16 Å². The molecule has 0 N–H and O–H groups in total. The SMILES string of the molecule is COC(=O)CC(=O)C[C@H](O[Si](C)(C)C)c1ccc([N+](=O)[O-])cc1. The zero-order chi connectivity index (χ0) is 17.6. The fraction of sp³-hybridized carbons (Fsp3) is 0.467. The molecule has 0 spiro atoms. The number of nitro groups is 1. The number of hydrogen-bond acceptors (Lipinski definition) is 6. The zero-order valence-electron chi connectivity index (χ0n) is 13.7. The van der Waals surface area contributed by atoms with Crippen molar-refractivity contribution in [1.82, 2.24) is 0 Å². The third-order valence-electron chi connectivity index (χ3n) is 2.95. The van der Waals surface area contributed by atoms with Gasteiger partial charge in [0.25, 0.3) is 5.69 Å². The largest absolute Gasteiger partial charge is 0.469 e. The van der Waals surface area contributed by atoms with Crippen molar-refractivity contribution in [2.24, 2.45) is 0 Å². The average molecular weight is 339 g/mol. The van der Waals surface area contributed by atoms with Gasteiger partial charge in [0, 0.05) is 18.6 Å². The van der Waals surface area contributed by atoms with Crippen LogP contribution in [0.1, 0.15) is 24.5 Å². The predicted octanol–water partition coefficient (Wildman–Crippen LogP) is 3.01. The summed E-state index contributed by atoms with van der Waals surface area (Å²) in [6, 6.07) is 5.91. The molecule has 23 heavy (non-hydrogen) atoms. The fourth-order valence-corrected chi connectivity index (χ4v) is 3.05. The van der Waals surface area contributed by atoms with E-state index in [0.29, 0.717) is 5.56 Å². The summed E-state index contributed by atoms with van der Waals surface area (Å²) in [6.45, 7) is 5.95. The van der Waals surface area contributed by atoms with Crippen LogP contribution in [-0.4, -0.2) is 32.1 Å². The monoisotopic (exact) mass is 339 g/mol. The number of non-ortho nitro benzene ring substituents is 1. The second-order valence-electron chi connectivity index (χ2n) is 6.06. The molecule has 0 unspecified atom stereocenters. The maximum Gasteiger partial charge on any atom is 0.313 e. The van der Waals surface area contributed by atoms with Crippen molar-refractivity contribution in [3.05, 3.63) is 39.9 Å². The molecule has 0 aliphatic heterocycles. The van der Waals surface area contributed by atoms with Crippen molar-refractivity contribution in [1.29, 1.82) is 0 Å². The summed E-state index contributed by atoms with van der Waals surface area (Å²) in [5.74, 6) is -0.885. The quantitative estimate of drug-likeness (QED) is 0.237. The van der Waals surface area contributed by atoms with E-state index in [2.05, 4.69) is 4.74 Å². The van der Waals surface area contributed by atoms with E-state index in [9.17, 15) is 19.7 Å². The smallest absolute Gasteiger partial charge is 0.313 e. The number of esters is 1. The first kappa shape index (κ1) is 19.0. The second-order valence-corrected chi connectivity index (χ2v) is 10.5. The molecule has 8 heteroatoms. The normalized spacial score (nSPS) is 12.5. The van der Waals surface area contributed by atoms with Crippen LogP contribution in [0.2, 0.25) is 19.6 Å².